The van der Waals surface area contributed by atoms with E-state index in [1.807, 2.05) is 92.1 Å². The van der Waals surface area contributed by atoms with E-state index in [2.05, 4.69) is 35.8 Å². The van der Waals surface area contributed by atoms with Crippen LogP contribution in [0.25, 0.3) is 22.8 Å². The molecule has 54 heavy (non-hydrogen) atoms. The number of benzene rings is 3. The number of aryl methyl sites for hydroxylation is 4. The van der Waals surface area contributed by atoms with E-state index >= 15 is 0 Å². The van der Waals surface area contributed by atoms with Crippen LogP contribution in [0.2, 0.25) is 0 Å². The molecule has 0 saturated carbocycles. The fourth-order valence-corrected chi connectivity index (χ4v) is 6.71. The van der Waals surface area contributed by atoms with Gasteiger partial charge in [0.15, 0.2) is 11.4 Å². The van der Waals surface area contributed by atoms with Gasteiger partial charge in [0, 0.05) is 49.0 Å². The quantitative estimate of drug-likeness (QED) is 0.123. The monoisotopic (exact) mass is 718 g/mol. The van der Waals surface area contributed by atoms with Gasteiger partial charge in [-0.15, -0.1) is 0 Å². The van der Waals surface area contributed by atoms with Gasteiger partial charge in [0.05, 0.1) is 22.8 Å². The number of carbonyl (C=O) groups excluding carboxylic acids is 1. The molecule has 0 bridgehead atoms. The lowest BCUT2D eigenvalue weighted by molar-refractivity contribution is 0.0686. The van der Waals surface area contributed by atoms with Gasteiger partial charge in [0.1, 0.15) is 5.75 Å². The van der Waals surface area contributed by atoms with E-state index < -0.39 is 11.9 Å². The standard InChI is InChI=1S/C23H19N5O2.C17H15N5O2/c1-28-21-18(20(27-28)22(29)30-17-10-6-3-7-11-17)13-12-15-14-24-23(26-19(15)21)25-16-8-4-2-5-9-16;1-22-15-12(14(21-22)16(23)24)8-7-10-9-18-17(20-13(10)15)19-11-5-3-2-4-6-11/h2-11,14H,12-13H2,1H3,(H,24,25,26);2-6,9H,7-8H2,1H3,(H,23,24)(H,18,19,20). The minimum Gasteiger partial charge on any atom is -0.476 e. The summed E-state index contributed by atoms with van der Waals surface area (Å²) >= 11 is 0. The highest BCUT2D eigenvalue weighted by molar-refractivity contribution is 5.93. The van der Waals surface area contributed by atoms with Crippen LogP contribution in [0, 0.1) is 0 Å². The lowest BCUT2D eigenvalue weighted by Crippen LogP contribution is -2.14. The molecule has 0 unspecified atom stereocenters. The Hall–Kier alpha value is -7.22. The van der Waals surface area contributed by atoms with Crippen LogP contribution in [0.3, 0.4) is 0 Å². The number of carboxylic acid groups (broad SMARTS) is 1. The number of hydrogen-bond donors (Lipinski definition) is 3. The average Bonchev–Trinajstić information content (AvgIpc) is 3.73. The lowest BCUT2D eigenvalue weighted by atomic mass is 9.93. The van der Waals surface area contributed by atoms with Crippen LogP contribution in [0.5, 0.6) is 5.75 Å². The molecule has 2 aliphatic carbocycles. The second-order valence-electron chi connectivity index (χ2n) is 12.7. The fraction of sp³-hybridized carbons (Fsp3) is 0.150. The summed E-state index contributed by atoms with van der Waals surface area (Å²) in [6.07, 6.45) is 6.40. The number of nitrogens with one attached hydrogen (secondary N) is 2. The number of ether oxygens (including phenoxy) is 1. The second kappa shape index (κ2) is 14.4. The molecule has 0 fully saturated rings. The van der Waals surface area contributed by atoms with Crippen molar-refractivity contribution in [2.45, 2.75) is 25.7 Å². The first-order valence-corrected chi connectivity index (χ1v) is 17.3. The summed E-state index contributed by atoms with van der Waals surface area (Å²) in [5.41, 5.74) is 8.99. The van der Waals surface area contributed by atoms with E-state index in [0.29, 0.717) is 42.6 Å². The van der Waals surface area contributed by atoms with E-state index in [0.717, 1.165) is 62.8 Å². The Labute approximate surface area is 309 Å². The first kappa shape index (κ1) is 33.9. The lowest BCUT2D eigenvalue weighted by Gasteiger charge is -2.17. The molecule has 14 nitrogen and oxygen atoms in total. The van der Waals surface area contributed by atoms with Crippen LogP contribution in [0.15, 0.2) is 103 Å². The summed E-state index contributed by atoms with van der Waals surface area (Å²) in [5.74, 6) is 0.00764. The van der Waals surface area contributed by atoms with Gasteiger partial charge in [-0.3, -0.25) is 9.36 Å². The molecule has 14 heteroatoms. The largest absolute Gasteiger partial charge is 0.476 e. The van der Waals surface area contributed by atoms with E-state index in [1.54, 1.807) is 34.7 Å². The molecule has 0 saturated heterocycles. The van der Waals surface area contributed by atoms with Crippen molar-refractivity contribution in [1.82, 2.24) is 39.5 Å². The number of aromatic nitrogens is 8. The summed E-state index contributed by atoms with van der Waals surface area (Å²) in [6.45, 7) is 0. The van der Waals surface area contributed by atoms with Gasteiger partial charge in [0.25, 0.3) is 0 Å². The second-order valence-corrected chi connectivity index (χ2v) is 12.7. The summed E-state index contributed by atoms with van der Waals surface area (Å²) in [4.78, 5) is 42.3. The maximum Gasteiger partial charge on any atom is 0.364 e. The maximum atomic E-state index is 12.8. The van der Waals surface area contributed by atoms with Crippen molar-refractivity contribution >= 4 is 35.2 Å². The van der Waals surface area contributed by atoms with E-state index in [4.69, 9.17) is 9.72 Å². The number of fused-ring (bicyclic) bond motifs is 6. The molecule has 0 aliphatic heterocycles. The van der Waals surface area contributed by atoms with Gasteiger partial charge in [-0.1, -0.05) is 54.6 Å². The van der Waals surface area contributed by atoms with Crippen molar-refractivity contribution < 1.29 is 19.4 Å². The third-order valence-corrected chi connectivity index (χ3v) is 9.17. The number of carbonyl (C=O) groups is 2. The number of hydrogen-bond acceptors (Lipinski definition) is 11. The molecule has 4 aromatic heterocycles. The summed E-state index contributed by atoms with van der Waals surface area (Å²) in [7, 11) is 3.56. The maximum absolute atomic E-state index is 12.8. The number of nitrogens with zero attached hydrogens (tertiary/aromatic N) is 8. The van der Waals surface area contributed by atoms with E-state index in [-0.39, 0.29) is 5.69 Å². The third kappa shape index (κ3) is 6.75. The zero-order chi connectivity index (χ0) is 37.2. The first-order valence-electron chi connectivity index (χ1n) is 17.3. The van der Waals surface area contributed by atoms with Crippen molar-refractivity contribution in [1.29, 1.82) is 0 Å². The Kier molecular flexibility index (Phi) is 9.05. The van der Waals surface area contributed by atoms with Crippen LogP contribution < -0.4 is 15.4 Å². The molecule has 7 aromatic rings. The van der Waals surface area contributed by atoms with Gasteiger partial charge < -0.3 is 20.5 Å². The molecule has 268 valence electrons. The number of esters is 1. The number of anilines is 4. The van der Waals surface area contributed by atoms with Crippen LogP contribution in [-0.4, -0.2) is 56.5 Å². The minimum absolute atomic E-state index is 0.106. The van der Waals surface area contributed by atoms with Crippen molar-refractivity contribution in [3.05, 3.63) is 137 Å². The van der Waals surface area contributed by atoms with Crippen molar-refractivity contribution in [3.8, 4) is 28.5 Å². The summed E-state index contributed by atoms with van der Waals surface area (Å²) in [6, 6.07) is 28.4. The summed E-state index contributed by atoms with van der Waals surface area (Å²) in [5, 5.41) is 24.3. The number of carboxylic acids is 1. The van der Waals surface area contributed by atoms with Crippen LogP contribution in [0.4, 0.5) is 23.3 Å². The topological polar surface area (TPSA) is 175 Å². The first-order chi connectivity index (χ1) is 26.3. The zero-order valence-corrected chi connectivity index (χ0v) is 29.4. The highest BCUT2D eigenvalue weighted by atomic mass is 16.5. The molecular formula is C40H34N10O4. The highest BCUT2D eigenvalue weighted by Gasteiger charge is 2.31. The van der Waals surface area contributed by atoms with Gasteiger partial charge in [-0.05, 0) is 73.2 Å². The highest BCUT2D eigenvalue weighted by Crippen LogP contribution is 2.36. The minimum atomic E-state index is -1.01. The van der Waals surface area contributed by atoms with Crippen molar-refractivity contribution in [2.24, 2.45) is 14.1 Å². The number of aromatic carboxylic acids is 1. The number of rotatable bonds is 7. The predicted octanol–water partition coefficient (Wildman–Crippen LogP) is 6.36. The molecule has 0 amide bonds. The molecule has 9 rings (SSSR count). The van der Waals surface area contributed by atoms with Gasteiger partial charge >= 0.3 is 11.9 Å². The third-order valence-electron chi connectivity index (χ3n) is 9.17. The van der Waals surface area contributed by atoms with Gasteiger partial charge in [-0.25, -0.2) is 29.5 Å². The Bertz CT molecular complexity index is 2500. The van der Waals surface area contributed by atoms with Gasteiger partial charge in [-0.2, -0.15) is 10.2 Å². The zero-order valence-electron chi connectivity index (χ0n) is 29.4. The fourth-order valence-electron chi connectivity index (χ4n) is 6.71. The molecule has 0 atom stereocenters. The van der Waals surface area contributed by atoms with Crippen LogP contribution >= 0.6 is 0 Å². The molecule has 3 aromatic carbocycles. The summed E-state index contributed by atoms with van der Waals surface area (Å²) < 4.78 is 8.81. The predicted molar refractivity (Wildman–Crippen MR) is 201 cm³/mol. The molecular weight excluding hydrogens is 685 g/mol. The molecule has 0 spiro atoms. The number of para-hydroxylation sites is 3. The SMILES string of the molecule is Cn1nc(C(=O)O)c2c1-c1nc(Nc3ccccc3)ncc1CC2.Cn1nc(C(=O)Oc2ccccc2)c2c1-c1nc(Nc3ccccc3)ncc1CC2. The van der Waals surface area contributed by atoms with E-state index in [1.165, 1.54) is 0 Å². The van der Waals surface area contributed by atoms with E-state index in [9.17, 15) is 14.7 Å². The van der Waals surface area contributed by atoms with Crippen LogP contribution in [0.1, 0.15) is 43.2 Å². The van der Waals surface area contributed by atoms with Crippen molar-refractivity contribution in [3.63, 3.8) is 0 Å². The Morgan fingerprint density at radius 2 is 1.07 bits per heavy atom. The Balaban J connectivity index is 0.000000157. The van der Waals surface area contributed by atoms with Crippen molar-refractivity contribution in [2.75, 3.05) is 10.6 Å². The molecule has 0 radical (unpaired) electrons. The molecule has 2 aliphatic rings. The molecule has 3 N–H and O–H groups in total. The average molecular weight is 719 g/mol. The molecule has 4 heterocycles. The Morgan fingerprint density at radius 1 is 0.630 bits per heavy atom. The Morgan fingerprint density at radius 3 is 1.56 bits per heavy atom. The normalized spacial score (nSPS) is 12.2. The van der Waals surface area contributed by atoms with Gasteiger partial charge in [0.2, 0.25) is 11.9 Å². The van der Waals surface area contributed by atoms with Crippen LogP contribution in [-0.2, 0) is 39.8 Å². The smallest absolute Gasteiger partial charge is 0.364 e.